The zero-order chi connectivity index (χ0) is 17.0. The summed E-state index contributed by atoms with van der Waals surface area (Å²) in [6, 6.07) is 7.55. The fourth-order valence-electron chi connectivity index (χ4n) is 2.22. The van der Waals surface area contributed by atoms with E-state index in [9.17, 15) is 15.0 Å². The summed E-state index contributed by atoms with van der Waals surface area (Å²) in [6.07, 6.45) is 0.0574. The van der Waals surface area contributed by atoms with Gasteiger partial charge >= 0.3 is 0 Å². The molecule has 0 aliphatic rings. The molecule has 0 amide bonds. The van der Waals surface area contributed by atoms with Gasteiger partial charge in [-0.1, -0.05) is 6.07 Å². The number of phenolic OH excluding ortho intramolecular Hbond substituents is 2. The average Bonchev–Trinajstić information content (AvgIpc) is 2.54. The van der Waals surface area contributed by atoms with Gasteiger partial charge in [-0.05, 0) is 23.8 Å². The molecule has 0 fully saturated rings. The Hall–Kier alpha value is -2.89. The first kappa shape index (κ1) is 16.5. The minimum atomic E-state index is -0.312. The van der Waals surface area contributed by atoms with Crippen LogP contribution in [0, 0.1) is 0 Å². The van der Waals surface area contributed by atoms with Crippen molar-refractivity contribution >= 4 is 5.78 Å². The molecule has 0 aliphatic carbocycles. The lowest BCUT2D eigenvalue weighted by Gasteiger charge is -2.11. The van der Waals surface area contributed by atoms with Crippen LogP contribution in [0.2, 0.25) is 0 Å². The maximum absolute atomic E-state index is 12.4. The van der Waals surface area contributed by atoms with E-state index < -0.39 is 0 Å². The Morgan fingerprint density at radius 1 is 0.870 bits per heavy atom. The molecule has 6 nitrogen and oxygen atoms in total. The van der Waals surface area contributed by atoms with E-state index in [-0.39, 0.29) is 35.0 Å². The van der Waals surface area contributed by atoms with Gasteiger partial charge < -0.3 is 24.4 Å². The molecule has 122 valence electrons. The maximum atomic E-state index is 12.4. The lowest BCUT2D eigenvalue weighted by Crippen LogP contribution is -2.05. The van der Waals surface area contributed by atoms with E-state index in [1.165, 1.54) is 27.4 Å². The van der Waals surface area contributed by atoms with Crippen molar-refractivity contribution in [2.75, 3.05) is 21.3 Å². The molecule has 0 saturated carbocycles. The summed E-state index contributed by atoms with van der Waals surface area (Å²) in [7, 11) is 4.41. The van der Waals surface area contributed by atoms with Gasteiger partial charge in [0.1, 0.15) is 5.75 Å². The van der Waals surface area contributed by atoms with Gasteiger partial charge in [-0.15, -0.1) is 0 Å². The molecular weight excluding hydrogens is 300 g/mol. The van der Waals surface area contributed by atoms with E-state index in [2.05, 4.69) is 0 Å². The summed E-state index contributed by atoms with van der Waals surface area (Å²) < 4.78 is 15.3. The molecular formula is C17H18O6. The highest BCUT2D eigenvalue weighted by Gasteiger charge is 2.17. The van der Waals surface area contributed by atoms with Gasteiger partial charge in [-0.25, -0.2) is 0 Å². The number of ether oxygens (including phenoxy) is 3. The summed E-state index contributed by atoms with van der Waals surface area (Å²) in [5.41, 5.74) is 0.786. The summed E-state index contributed by atoms with van der Waals surface area (Å²) in [5, 5.41) is 19.4. The van der Waals surface area contributed by atoms with Crippen molar-refractivity contribution in [2.24, 2.45) is 0 Å². The van der Waals surface area contributed by atoms with Crippen LogP contribution in [0.3, 0.4) is 0 Å². The SMILES string of the molecule is COc1cc(C(=O)Cc2ccc(OC)c(OC)c2)c(O)cc1O. The molecule has 0 unspecified atom stereocenters. The smallest absolute Gasteiger partial charge is 0.171 e. The van der Waals surface area contributed by atoms with Crippen molar-refractivity contribution < 1.29 is 29.2 Å². The predicted molar refractivity (Wildman–Crippen MR) is 83.9 cm³/mol. The number of methoxy groups -OCH3 is 3. The highest BCUT2D eigenvalue weighted by Crippen LogP contribution is 2.34. The molecule has 0 aromatic heterocycles. The Bertz CT molecular complexity index is 723. The first-order chi connectivity index (χ1) is 11.0. The number of rotatable bonds is 6. The molecule has 6 heteroatoms. The normalized spacial score (nSPS) is 10.2. The highest BCUT2D eigenvalue weighted by molar-refractivity contribution is 6.00. The number of Topliss-reactive ketones (excluding diaryl/α,β-unsaturated/α-hetero) is 1. The molecule has 2 N–H and O–H groups in total. The number of ketones is 1. The number of hydrogen-bond donors (Lipinski definition) is 2. The van der Waals surface area contributed by atoms with Crippen molar-refractivity contribution in [3.8, 4) is 28.7 Å². The highest BCUT2D eigenvalue weighted by atomic mass is 16.5. The molecule has 0 radical (unpaired) electrons. The fourth-order valence-corrected chi connectivity index (χ4v) is 2.22. The van der Waals surface area contributed by atoms with Crippen LogP contribution in [-0.2, 0) is 6.42 Å². The number of phenols is 2. The molecule has 0 atom stereocenters. The van der Waals surface area contributed by atoms with Crippen LogP contribution in [0.25, 0.3) is 0 Å². The second-order valence-electron chi connectivity index (χ2n) is 4.83. The Labute approximate surface area is 133 Å². The van der Waals surface area contributed by atoms with Gasteiger partial charge in [0.2, 0.25) is 0 Å². The van der Waals surface area contributed by atoms with Gasteiger partial charge in [0, 0.05) is 12.5 Å². The van der Waals surface area contributed by atoms with Crippen LogP contribution in [0.5, 0.6) is 28.7 Å². The summed E-state index contributed by atoms with van der Waals surface area (Å²) in [5.74, 6) is 0.371. The van der Waals surface area contributed by atoms with Crippen LogP contribution in [0.4, 0.5) is 0 Å². The van der Waals surface area contributed by atoms with Gasteiger partial charge in [-0.3, -0.25) is 4.79 Å². The number of hydrogen-bond acceptors (Lipinski definition) is 6. The van der Waals surface area contributed by atoms with Gasteiger partial charge in [0.05, 0.1) is 26.9 Å². The first-order valence-electron chi connectivity index (χ1n) is 6.84. The van der Waals surface area contributed by atoms with E-state index in [0.29, 0.717) is 17.1 Å². The van der Waals surface area contributed by atoms with Crippen molar-refractivity contribution in [3.05, 3.63) is 41.5 Å². The number of aromatic hydroxyl groups is 2. The van der Waals surface area contributed by atoms with Crippen LogP contribution in [-0.4, -0.2) is 37.3 Å². The monoisotopic (exact) mass is 318 g/mol. The fraction of sp³-hybridized carbons (Fsp3) is 0.235. The van der Waals surface area contributed by atoms with Gasteiger partial charge in [0.25, 0.3) is 0 Å². The Kier molecular flexibility index (Phi) is 4.95. The molecule has 0 bridgehead atoms. The summed E-state index contributed by atoms with van der Waals surface area (Å²) in [4.78, 5) is 12.4. The quantitative estimate of drug-likeness (QED) is 0.796. The third kappa shape index (κ3) is 3.48. The first-order valence-corrected chi connectivity index (χ1v) is 6.84. The van der Waals surface area contributed by atoms with E-state index in [0.717, 1.165) is 6.07 Å². The molecule has 2 aromatic carbocycles. The van der Waals surface area contributed by atoms with Crippen LogP contribution in [0.15, 0.2) is 30.3 Å². The van der Waals surface area contributed by atoms with Gasteiger partial charge in [-0.2, -0.15) is 0 Å². The maximum Gasteiger partial charge on any atom is 0.171 e. The van der Waals surface area contributed by atoms with Crippen molar-refractivity contribution in [3.63, 3.8) is 0 Å². The zero-order valence-corrected chi connectivity index (χ0v) is 13.1. The number of carbonyl (C=O) groups is 1. The van der Waals surface area contributed by atoms with E-state index in [1.54, 1.807) is 18.2 Å². The lowest BCUT2D eigenvalue weighted by atomic mass is 10.0. The minimum Gasteiger partial charge on any atom is -0.507 e. The molecule has 0 aliphatic heterocycles. The Morgan fingerprint density at radius 2 is 1.52 bits per heavy atom. The van der Waals surface area contributed by atoms with Crippen LogP contribution in [0.1, 0.15) is 15.9 Å². The second kappa shape index (κ2) is 6.91. The van der Waals surface area contributed by atoms with E-state index in [4.69, 9.17) is 14.2 Å². The molecule has 0 spiro atoms. The zero-order valence-electron chi connectivity index (χ0n) is 13.1. The third-order valence-corrected chi connectivity index (χ3v) is 3.41. The van der Waals surface area contributed by atoms with Gasteiger partial charge in [0.15, 0.2) is 28.8 Å². The Balaban J connectivity index is 2.29. The van der Waals surface area contributed by atoms with Crippen molar-refractivity contribution in [2.45, 2.75) is 6.42 Å². The molecule has 0 heterocycles. The average molecular weight is 318 g/mol. The third-order valence-electron chi connectivity index (χ3n) is 3.41. The molecule has 2 rings (SSSR count). The summed E-state index contributed by atoms with van der Waals surface area (Å²) >= 11 is 0. The second-order valence-corrected chi connectivity index (χ2v) is 4.83. The van der Waals surface area contributed by atoms with Crippen LogP contribution < -0.4 is 14.2 Å². The van der Waals surface area contributed by atoms with Crippen LogP contribution >= 0.6 is 0 Å². The van der Waals surface area contributed by atoms with E-state index >= 15 is 0 Å². The topological polar surface area (TPSA) is 85.2 Å². The van der Waals surface area contributed by atoms with E-state index in [1.807, 2.05) is 0 Å². The van der Waals surface area contributed by atoms with Crippen molar-refractivity contribution in [1.82, 2.24) is 0 Å². The number of benzene rings is 2. The minimum absolute atomic E-state index is 0.0574. The largest absolute Gasteiger partial charge is 0.507 e. The standard InChI is InChI=1S/C17H18O6/c1-21-15-5-4-10(7-17(15)23-3)6-12(18)11-8-16(22-2)14(20)9-13(11)19/h4-5,7-9,19-20H,6H2,1-3H3. The van der Waals surface area contributed by atoms with Crippen molar-refractivity contribution in [1.29, 1.82) is 0 Å². The predicted octanol–water partition coefficient (Wildman–Crippen LogP) is 2.55. The Morgan fingerprint density at radius 3 is 2.13 bits per heavy atom. The lowest BCUT2D eigenvalue weighted by molar-refractivity contribution is 0.0990. The molecule has 2 aromatic rings. The molecule has 23 heavy (non-hydrogen) atoms. The molecule has 0 saturated heterocycles. The number of carbonyl (C=O) groups excluding carboxylic acids is 1. The summed E-state index contributed by atoms with van der Waals surface area (Å²) in [6.45, 7) is 0.